The number of carboxylic acids is 4. The fourth-order valence-corrected chi connectivity index (χ4v) is 3.55. The summed E-state index contributed by atoms with van der Waals surface area (Å²) in [4.78, 5) is 55.6. The van der Waals surface area contributed by atoms with E-state index in [2.05, 4.69) is 21.5 Å². The molecule has 0 aliphatic rings. The van der Waals surface area contributed by atoms with E-state index in [1.165, 1.54) is 0 Å². The van der Waals surface area contributed by atoms with Gasteiger partial charge in [-0.3, -0.25) is 14.5 Å². The van der Waals surface area contributed by atoms with Gasteiger partial charge in [-0.2, -0.15) is 0 Å². The number of rotatable bonds is 11. The number of aryl methyl sites for hydroxylation is 1. The van der Waals surface area contributed by atoms with Gasteiger partial charge in [0.1, 0.15) is 0 Å². The van der Waals surface area contributed by atoms with Crippen LogP contribution in [0.1, 0.15) is 41.5 Å². The number of hydrogen-bond donors (Lipinski definition) is 5. The number of benzene rings is 1. The van der Waals surface area contributed by atoms with Crippen LogP contribution in [0, 0.1) is 6.92 Å². The molecular formula is C25H33N3O11S. The molecule has 1 heterocycles. The number of aliphatic carboxylic acids is 4. The third-order valence-electron chi connectivity index (χ3n) is 4.83. The summed E-state index contributed by atoms with van der Waals surface area (Å²) in [5, 5.41) is 29.6. The average Bonchev–Trinajstić information content (AvgIpc) is 2.86. The largest absolute Gasteiger partial charge is 0.473 e. The maximum atomic E-state index is 12.4. The van der Waals surface area contributed by atoms with Crippen LogP contribution in [0.4, 0.5) is 5.69 Å². The molecule has 0 aliphatic carbocycles. The molecule has 5 N–H and O–H groups in total. The number of aromatic nitrogens is 1. The van der Waals surface area contributed by atoms with Crippen molar-refractivity contribution in [1.82, 2.24) is 9.88 Å². The van der Waals surface area contributed by atoms with Crippen LogP contribution in [-0.2, 0) is 35.6 Å². The fourth-order valence-electron chi connectivity index (χ4n) is 2.99. The lowest BCUT2D eigenvalue weighted by molar-refractivity contribution is -0.159. The first-order valence-electron chi connectivity index (χ1n) is 11.7. The van der Waals surface area contributed by atoms with Crippen LogP contribution in [0.15, 0.2) is 42.5 Å². The SMILES string of the molecule is CCN(CCCC(=O)c1ccc(NS(C)(=O)=O)cc1)CCc1cccc(C)n1.O=C(O)C(=O)O.O=C(O)C(=O)O. The highest BCUT2D eigenvalue weighted by atomic mass is 32.2. The lowest BCUT2D eigenvalue weighted by atomic mass is 10.1. The standard InChI is InChI=1S/C21H29N3O3S.2C2H2O4/c1-4-24(16-14-19-8-5-7-17(2)22-19)15-6-9-21(25)18-10-12-20(13-11-18)23-28(3,26)27;2*3-1(4)2(5)6/h5,7-8,10-13,23H,4,6,9,14-16H2,1-3H3;2*(H,3,4)(H,5,6). The van der Waals surface area contributed by atoms with Crippen molar-refractivity contribution >= 4 is 45.4 Å². The van der Waals surface area contributed by atoms with Crippen molar-refractivity contribution in [3.05, 3.63) is 59.4 Å². The van der Waals surface area contributed by atoms with Gasteiger partial charge in [0.05, 0.1) is 6.26 Å². The van der Waals surface area contributed by atoms with E-state index >= 15 is 0 Å². The van der Waals surface area contributed by atoms with E-state index in [1.54, 1.807) is 24.3 Å². The van der Waals surface area contributed by atoms with Crippen LogP contribution in [0.5, 0.6) is 0 Å². The first kappa shape index (κ1) is 35.6. The summed E-state index contributed by atoms with van der Waals surface area (Å²) in [6.07, 6.45) is 3.26. The summed E-state index contributed by atoms with van der Waals surface area (Å²) in [5.74, 6) is -7.22. The molecule has 2 aromatic rings. The van der Waals surface area contributed by atoms with Crippen LogP contribution in [0.2, 0.25) is 0 Å². The second-order valence-electron chi connectivity index (χ2n) is 8.15. The van der Waals surface area contributed by atoms with E-state index in [4.69, 9.17) is 39.6 Å². The third-order valence-corrected chi connectivity index (χ3v) is 5.44. The smallest absolute Gasteiger partial charge is 0.414 e. The average molecular weight is 584 g/mol. The fraction of sp³-hybridized carbons (Fsp3) is 0.360. The van der Waals surface area contributed by atoms with Gasteiger partial charge in [-0.15, -0.1) is 0 Å². The maximum absolute atomic E-state index is 12.4. The molecule has 40 heavy (non-hydrogen) atoms. The maximum Gasteiger partial charge on any atom is 0.414 e. The Labute approximate surface area is 231 Å². The highest BCUT2D eigenvalue weighted by Gasteiger charge is 2.10. The van der Waals surface area contributed by atoms with E-state index in [9.17, 15) is 13.2 Å². The number of nitrogens with zero attached hydrogens (tertiary/aromatic N) is 2. The number of Topliss-reactive ketones (excluding diaryl/α,β-unsaturated/α-hetero) is 1. The van der Waals surface area contributed by atoms with Crippen molar-refractivity contribution < 1.29 is 52.8 Å². The first-order chi connectivity index (χ1) is 18.5. The molecule has 1 aromatic heterocycles. The van der Waals surface area contributed by atoms with Gasteiger partial charge in [-0.25, -0.2) is 27.6 Å². The first-order valence-corrected chi connectivity index (χ1v) is 13.6. The third kappa shape index (κ3) is 17.2. The molecule has 0 saturated heterocycles. The summed E-state index contributed by atoms with van der Waals surface area (Å²) in [7, 11) is -3.31. The van der Waals surface area contributed by atoms with Crippen molar-refractivity contribution in [2.45, 2.75) is 33.1 Å². The summed E-state index contributed by atoms with van der Waals surface area (Å²) in [6, 6.07) is 12.6. The number of sulfonamides is 1. The van der Waals surface area contributed by atoms with Gasteiger partial charge in [0.15, 0.2) is 5.78 Å². The molecule has 0 spiro atoms. The zero-order valence-corrected chi connectivity index (χ0v) is 23.0. The zero-order valence-electron chi connectivity index (χ0n) is 22.2. The van der Waals surface area contributed by atoms with E-state index in [1.807, 2.05) is 25.1 Å². The molecule has 220 valence electrons. The molecule has 15 heteroatoms. The van der Waals surface area contributed by atoms with Crippen molar-refractivity contribution in [1.29, 1.82) is 0 Å². The van der Waals surface area contributed by atoms with Gasteiger partial charge in [0, 0.05) is 42.0 Å². The number of likely N-dealkylation sites (N-methyl/N-ethyl adjacent to an activating group) is 1. The van der Waals surface area contributed by atoms with Crippen LogP contribution in [0.3, 0.4) is 0 Å². The van der Waals surface area contributed by atoms with Crippen LogP contribution < -0.4 is 4.72 Å². The predicted molar refractivity (Wildman–Crippen MR) is 144 cm³/mol. The molecule has 0 unspecified atom stereocenters. The molecule has 0 fully saturated rings. The van der Waals surface area contributed by atoms with Gasteiger partial charge >= 0.3 is 23.9 Å². The van der Waals surface area contributed by atoms with Gasteiger partial charge in [0.25, 0.3) is 0 Å². The van der Waals surface area contributed by atoms with Gasteiger partial charge in [-0.1, -0.05) is 13.0 Å². The minimum Gasteiger partial charge on any atom is -0.473 e. The number of anilines is 1. The van der Waals surface area contributed by atoms with Crippen molar-refractivity contribution in [3.63, 3.8) is 0 Å². The van der Waals surface area contributed by atoms with Crippen molar-refractivity contribution in [3.8, 4) is 0 Å². The number of carboxylic acid groups (broad SMARTS) is 4. The minimum atomic E-state index is -3.31. The number of ketones is 1. The Hall–Kier alpha value is -4.37. The van der Waals surface area contributed by atoms with Crippen molar-refractivity contribution in [2.75, 3.05) is 30.6 Å². The Morgan fingerprint density at radius 3 is 1.80 bits per heavy atom. The monoisotopic (exact) mass is 583 g/mol. The van der Waals surface area contributed by atoms with Gasteiger partial charge < -0.3 is 25.3 Å². The zero-order chi connectivity index (χ0) is 30.9. The molecule has 1 aromatic carbocycles. The molecular weight excluding hydrogens is 550 g/mol. The Morgan fingerprint density at radius 1 is 0.850 bits per heavy atom. The molecule has 0 amide bonds. The van der Waals surface area contributed by atoms with E-state index in [0.29, 0.717) is 17.7 Å². The topological polar surface area (TPSA) is 229 Å². The summed E-state index contributed by atoms with van der Waals surface area (Å²) in [6.45, 7) is 6.84. The second-order valence-corrected chi connectivity index (χ2v) is 9.90. The second kappa shape index (κ2) is 18.0. The van der Waals surface area contributed by atoms with E-state index < -0.39 is 33.9 Å². The number of nitrogens with one attached hydrogen (secondary N) is 1. The quantitative estimate of drug-likeness (QED) is 0.187. The molecule has 0 aliphatic heterocycles. The molecule has 2 rings (SSSR count). The van der Waals surface area contributed by atoms with Crippen LogP contribution >= 0.6 is 0 Å². The van der Waals surface area contributed by atoms with Crippen molar-refractivity contribution in [2.24, 2.45) is 0 Å². The molecule has 0 atom stereocenters. The summed E-state index contributed by atoms with van der Waals surface area (Å²) >= 11 is 0. The van der Waals surface area contributed by atoms with Gasteiger partial charge in [-0.05, 0) is 62.8 Å². The minimum absolute atomic E-state index is 0.0716. The molecule has 0 bridgehead atoms. The van der Waals surface area contributed by atoms with Crippen LogP contribution in [-0.4, -0.2) is 94.3 Å². The molecule has 0 saturated carbocycles. The summed E-state index contributed by atoms with van der Waals surface area (Å²) in [5.41, 5.74) is 3.19. The Morgan fingerprint density at radius 2 is 1.38 bits per heavy atom. The Balaban J connectivity index is 0.00000106. The van der Waals surface area contributed by atoms with E-state index in [-0.39, 0.29) is 5.78 Å². The normalized spacial score (nSPS) is 10.3. The molecule has 14 nitrogen and oxygen atoms in total. The van der Waals surface area contributed by atoms with E-state index in [0.717, 1.165) is 50.1 Å². The number of pyridine rings is 1. The lowest BCUT2D eigenvalue weighted by Crippen LogP contribution is -2.27. The predicted octanol–water partition coefficient (Wildman–Crippen LogP) is 1.60. The Bertz CT molecular complexity index is 1220. The highest BCUT2D eigenvalue weighted by molar-refractivity contribution is 7.92. The number of carbonyl (C=O) groups excluding carboxylic acids is 1. The molecule has 0 radical (unpaired) electrons. The Kier molecular flexibility index (Phi) is 16.0. The number of carbonyl (C=O) groups is 5. The van der Waals surface area contributed by atoms with Gasteiger partial charge in [0.2, 0.25) is 10.0 Å². The van der Waals surface area contributed by atoms with Crippen LogP contribution in [0.25, 0.3) is 0 Å². The highest BCUT2D eigenvalue weighted by Crippen LogP contribution is 2.13. The lowest BCUT2D eigenvalue weighted by Gasteiger charge is -2.20. The summed E-state index contributed by atoms with van der Waals surface area (Å²) < 4.78 is 24.8. The number of hydrogen-bond acceptors (Lipinski definition) is 9.